The first-order valence-electron chi connectivity index (χ1n) is 38.0. The minimum atomic E-state index is -5.02. The van der Waals surface area contributed by atoms with Crippen molar-refractivity contribution in [3.8, 4) is 0 Å². The number of hydrogen-bond donors (Lipinski definition) is 3. The second-order valence-electron chi connectivity index (χ2n) is 24.1. The Labute approximate surface area is 626 Å². The minimum Gasteiger partial charge on any atom is -0.462 e. The molecule has 0 fully saturated rings. The van der Waals surface area contributed by atoms with E-state index in [2.05, 4.69) is 210 Å². The average Bonchev–Trinajstić information content (AvgIpc) is 0.937. The van der Waals surface area contributed by atoms with Crippen LogP contribution in [-0.2, 0) is 65.4 Å². The second-order valence-corrected chi connectivity index (χ2v) is 27.0. The molecular weight excluding hydrogens is 1350 g/mol. The van der Waals surface area contributed by atoms with Gasteiger partial charge in [0, 0.05) is 25.7 Å². The Hall–Kier alpha value is -6.62. The number of phosphoric acid groups is 2. The van der Waals surface area contributed by atoms with Gasteiger partial charge in [0.15, 0.2) is 12.2 Å². The number of rotatable bonds is 68. The monoisotopic (exact) mass is 1480 g/mol. The molecule has 3 N–H and O–H groups in total. The van der Waals surface area contributed by atoms with Crippen molar-refractivity contribution in [3.63, 3.8) is 0 Å². The largest absolute Gasteiger partial charge is 0.472 e. The number of carbonyl (C=O) groups excluding carboxylic acids is 4. The molecule has 0 amide bonds. The van der Waals surface area contributed by atoms with E-state index in [-0.39, 0.29) is 25.7 Å². The Kier molecular flexibility index (Phi) is 69.9. The molecule has 0 radical (unpaired) electrons. The Morgan fingerprint density at radius 2 is 0.471 bits per heavy atom. The van der Waals surface area contributed by atoms with E-state index in [1.54, 1.807) is 0 Å². The molecule has 0 aromatic heterocycles. The summed E-state index contributed by atoms with van der Waals surface area (Å²) < 4.78 is 68.3. The van der Waals surface area contributed by atoms with E-state index in [0.717, 1.165) is 128 Å². The molecular formula is C85H130O17P2. The average molecular weight is 1490 g/mol. The van der Waals surface area contributed by atoms with Crippen molar-refractivity contribution in [1.29, 1.82) is 0 Å². The molecule has 104 heavy (non-hydrogen) atoms. The lowest BCUT2D eigenvalue weighted by molar-refractivity contribution is -0.161. The van der Waals surface area contributed by atoms with Gasteiger partial charge in [-0.05, 0) is 180 Å². The zero-order valence-electron chi connectivity index (χ0n) is 63.3. The number of carbonyl (C=O) groups is 4. The number of esters is 4. The van der Waals surface area contributed by atoms with E-state index in [1.165, 1.54) is 0 Å². The van der Waals surface area contributed by atoms with Crippen molar-refractivity contribution in [2.24, 2.45) is 0 Å². The van der Waals surface area contributed by atoms with Crippen molar-refractivity contribution >= 4 is 39.5 Å². The van der Waals surface area contributed by atoms with Gasteiger partial charge in [-0.15, -0.1) is 0 Å². The van der Waals surface area contributed by atoms with Crippen LogP contribution in [0.25, 0.3) is 0 Å². The predicted molar refractivity (Wildman–Crippen MR) is 426 cm³/mol. The molecule has 17 nitrogen and oxygen atoms in total. The highest BCUT2D eigenvalue weighted by Crippen LogP contribution is 2.45. The molecule has 4 unspecified atom stereocenters. The first-order chi connectivity index (χ1) is 50.7. The van der Waals surface area contributed by atoms with Gasteiger partial charge in [0.1, 0.15) is 19.3 Å². The molecule has 0 rings (SSSR count). The summed E-state index contributed by atoms with van der Waals surface area (Å²) in [6, 6.07) is 0. The molecule has 0 aliphatic carbocycles. The van der Waals surface area contributed by atoms with Crippen LogP contribution < -0.4 is 0 Å². The fourth-order valence-corrected chi connectivity index (χ4v) is 10.4. The first kappa shape index (κ1) is 97.4. The number of phosphoric ester groups is 2. The standard InChI is InChI=1S/C85H130O17P2/c1-5-9-13-17-21-25-29-33-37-39-43-45-49-53-57-61-65-69-82(87)95-75-80(101-84(89)71-67-63-59-55-51-47-41-35-31-27-23-19-15-11-7-3)77-99-103(91,92)97-73-79(86)74-98-104(93,94)100-78-81(102-85(90)72-68-64-60-56-52-48-42-36-32-28-24-20-16-12-8-4)76-96-83(88)70-66-62-58-54-50-46-44-40-38-34-30-26-22-18-14-10-6-2/h9-16,21-28,33-38,41-46,51-58,79-81,86H,5-8,17-20,29-32,39-40,47-50,59-78H2,1-4H3,(H,91,92)(H,93,94)/b13-9-,14-10-,15-11-,16-12-,25-21-,26-22-,27-23-,28-24-,37-33-,38-34-,41-35-,42-36-,45-43-,46-44-,55-51-,56-52-,57-53-,58-54-. The molecule has 0 aliphatic heterocycles. The van der Waals surface area contributed by atoms with Gasteiger partial charge in [-0.1, -0.05) is 246 Å². The van der Waals surface area contributed by atoms with Crippen LogP contribution in [-0.4, -0.2) is 96.7 Å². The quantitative estimate of drug-likeness (QED) is 0.0169. The van der Waals surface area contributed by atoms with Gasteiger partial charge in [0.05, 0.1) is 26.4 Å². The number of ether oxygens (including phenoxy) is 4. The SMILES string of the molecule is CC/C=C\C/C=C\C/C=C\C/C=C\C/C=C\CCCC(=O)OCC(COP(=O)(O)OCC(O)COP(=O)(O)OCC(COC(=O)CCC/C=C\C/C=C\C/C=C\C/C=C\C/C=C\CC)OC(=O)CCCC/C=C\C/C=C\C/C=C\C/C=C\CC)OC(=O)CCCC/C=C\C/C=C\C/C=C\C/C=C\CC. The fraction of sp³-hybridized carbons (Fsp3) is 0.529. The maximum atomic E-state index is 13.1. The van der Waals surface area contributed by atoms with Crippen LogP contribution in [0.3, 0.4) is 0 Å². The third-order valence-corrected chi connectivity index (χ3v) is 16.3. The molecule has 0 aliphatic rings. The molecule has 0 saturated carbocycles. The smallest absolute Gasteiger partial charge is 0.462 e. The zero-order chi connectivity index (χ0) is 76.0. The number of allylic oxidation sites excluding steroid dienone is 36. The van der Waals surface area contributed by atoms with E-state index in [1.807, 2.05) is 36.5 Å². The highest BCUT2D eigenvalue weighted by molar-refractivity contribution is 7.47. The fourth-order valence-electron chi connectivity index (χ4n) is 8.80. The Morgan fingerprint density at radius 1 is 0.269 bits per heavy atom. The number of hydrogen-bond acceptors (Lipinski definition) is 15. The van der Waals surface area contributed by atoms with Crippen molar-refractivity contribution in [3.05, 3.63) is 219 Å². The Bertz CT molecular complexity index is 2650. The van der Waals surface area contributed by atoms with E-state index in [4.69, 9.17) is 37.0 Å². The van der Waals surface area contributed by atoms with Gasteiger partial charge >= 0.3 is 39.5 Å². The van der Waals surface area contributed by atoms with Gasteiger partial charge < -0.3 is 33.8 Å². The maximum Gasteiger partial charge on any atom is 0.472 e. The molecule has 0 aromatic rings. The van der Waals surface area contributed by atoms with Crippen LogP contribution in [0.15, 0.2) is 219 Å². The van der Waals surface area contributed by atoms with Crippen LogP contribution in [0.4, 0.5) is 0 Å². The summed E-state index contributed by atoms with van der Waals surface area (Å²) in [5, 5.41) is 10.6. The summed E-state index contributed by atoms with van der Waals surface area (Å²) in [7, 11) is -10.0. The minimum absolute atomic E-state index is 0.0179. The van der Waals surface area contributed by atoms with Crippen molar-refractivity contribution in [2.75, 3.05) is 39.6 Å². The van der Waals surface area contributed by atoms with Crippen LogP contribution in [0.2, 0.25) is 0 Å². The molecule has 582 valence electrons. The van der Waals surface area contributed by atoms with Gasteiger partial charge in [0.2, 0.25) is 0 Å². The molecule has 4 atom stereocenters. The highest BCUT2D eigenvalue weighted by Gasteiger charge is 2.30. The summed E-state index contributed by atoms with van der Waals surface area (Å²) >= 11 is 0. The van der Waals surface area contributed by atoms with E-state index in [9.17, 15) is 43.2 Å². The highest BCUT2D eigenvalue weighted by atomic mass is 31.2. The van der Waals surface area contributed by atoms with E-state index >= 15 is 0 Å². The lowest BCUT2D eigenvalue weighted by atomic mass is 10.2. The topological polar surface area (TPSA) is 237 Å². The van der Waals surface area contributed by atoms with Crippen LogP contribution in [0, 0.1) is 0 Å². The number of aliphatic hydroxyl groups excluding tert-OH is 1. The molecule has 0 saturated heterocycles. The van der Waals surface area contributed by atoms with Gasteiger partial charge in [-0.25, -0.2) is 9.13 Å². The van der Waals surface area contributed by atoms with Crippen LogP contribution in [0.5, 0.6) is 0 Å². The van der Waals surface area contributed by atoms with Crippen molar-refractivity contribution < 1.29 is 80.2 Å². The molecule has 0 heterocycles. The summed E-state index contributed by atoms with van der Waals surface area (Å²) in [4.78, 5) is 72.9. The van der Waals surface area contributed by atoms with E-state index in [0.29, 0.717) is 51.4 Å². The summed E-state index contributed by atoms with van der Waals surface area (Å²) in [5.74, 6) is -2.44. The second kappa shape index (κ2) is 74.6. The lowest BCUT2D eigenvalue weighted by Crippen LogP contribution is -2.30. The van der Waals surface area contributed by atoms with Crippen LogP contribution >= 0.6 is 15.6 Å². The van der Waals surface area contributed by atoms with Gasteiger partial charge in [0.25, 0.3) is 0 Å². The number of unbranched alkanes of at least 4 members (excludes halogenated alkanes) is 6. The van der Waals surface area contributed by atoms with E-state index < -0.39 is 97.5 Å². The third-order valence-electron chi connectivity index (χ3n) is 14.4. The molecule has 0 aromatic carbocycles. The Morgan fingerprint density at radius 3 is 0.712 bits per heavy atom. The molecule has 0 bridgehead atoms. The Balaban J connectivity index is 5.57. The van der Waals surface area contributed by atoms with Gasteiger partial charge in [-0.2, -0.15) is 0 Å². The normalized spacial score (nSPS) is 15.1. The summed E-state index contributed by atoms with van der Waals surface area (Å²) in [5.41, 5.74) is 0. The van der Waals surface area contributed by atoms with Crippen molar-refractivity contribution in [2.45, 2.75) is 251 Å². The zero-order valence-corrected chi connectivity index (χ0v) is 65.1. The summed E-state index contributed by atoms with van der Waals surface area (Å²) in [6.45, 7) is 4.12. The molecule has 0 spiro atoms. The lowest BCUT2D eigenvalue weighted by Gasteiger charge is -2.21. The maximum absolute atomic E-state index is 13.1. The number of aliphatic hydroxyl groups is 1. The first-order valence-corrected chi connectivity index (χ1v) is 41.0. The van der Waals surface area contributed by atoms with Crippen LogP contribution in [0.1, 0.15) is 233 Å². The van der Waals surface area contributed by atoms with Gasteiger partial charge in [-0.3, -0.25) is 37.3 Å². The predicted octanol–water partition coefficient (Wildman–Crippen LogP) is 22.1. The van der Waals surface area contributed by atoms with Crippen molar-refractivity contribution in [1.82, 2.24) is 0 Å². The summed E-state index contributed by atoms with van der Waals surface area (Å²) in [6.07, 6.45) is 93.9. The molecule has 19 heteroatoms. The third kappa shape index (κ3) is 73.7.